The molecule has 0 saturated heterocycles. The molecular formula is C29H52O2. The summed E-state index contributed by atoms with van der Waals surface area (Å²) in [6.07, 6.45) is 30.7. The minimum Gasteiger partial charge on any atom is -0.481 e. The Hall–Kier alpha value is -1.05. The zero-order valence-electron chi connectivity index (χ0n) is 21.0. The van der Waals surface area contributed by atoms with Gasteiger partial charge in [-0.1, -0.05) is 109 Å². The van der Waals surface area contributed by atoms with E-state index in [1.54, 1.807) is 0 Å². The number of unbranched alkanes of at least 4 members (excludes halogenated alkanes) is 10. The van der Waals surface area contributed by atoms with Gasteiger partial charge in [-0.3, -0.25) is 4.79 Å². The quantitative estimate of drug-likeness (QED) is 0.163. The molecule has 1 rings (SSSR count). The molecule has 4 unspecified atom stereocenters. The number of rotatable bonds is 19. The summed E-state index contributed by atoms with van der Waals surface area (Å²) in [5.74, 6) is 2.41. The van der Waals surface area contributed by atoms with E-state index in [0.717, 1.165) is 36.5 Å². The number of carboxylic acids is 1. The first-order valence-corrected chi connectivity index (χ1v) is 13.6. The first kappa shape index (κ1) is 28.0. The summed E-state index contributed by atoms with van der Waals surface area (Å²) >= 11 is 0. The Morgan fingerprint density at radius 3 is 2.06 bits per heavy atom. The fraction of sp³-hybridized carbons (Fsp3) is 0.828. The highest BCUT2D eigenvalue weighted by Crippen LogP contribution is 2.41. The summed E-state index contributed by atoms with van der Waals surface area (Å²) in [5, 5.41) is 8.75. The molecule has 0 aromatic rings. The molecule has 0 radical (unpaired) electrons. The second-order valence-electron chi connectivity index (χ2n) is 9.99. The highest BCUT2D eigenvalue weighted by molar-refractivity contribution is 5.66. The monoisotopic (exact) mass is 432 g/mol. The van der Waals surface area contributed by atoms with Gasteiger partial charge in [-0.2, -0.15) is 0 Å². The molecule has 0 aliphatic heterocycles. The van der Waals surface area contributed by atoms with Crippen LogP contribution in [0.15, 0.2) is 24.3 Å². The highest BCUT2D eigenvalue weighted by Gasteiger charge is 2.31. The van der Waals surface area contributed by atoms with Crippen LogP contribution >= 0.6 is 0 Å². The van der Waals surface area contributed by atoms with Crippen molar-refractivity contribution >= 4 is 5.97 Å². The molecule has 0 saturated carbocycles. The van der Waals surface area contributed by atoms with Crippen molar-refractivity contribution in [1.82, 2.24) is 0 Å². The fourth-order valence-corrected chi connectivity index (χ4v) is 5.25. The molecule has 0 heterocycles. The smallest absolute Gasteiger partial charge is 0.303 e. The van der Waals surface area contributed by atoms with Crippen LogP contribution in [0.2, 0.25) is 0 Å². The van der Waals surface area contributed by atoms with Crippen molar-refractivity contribution in [3.05, 3.63) is 24.3 Å². The van der Waals surface area contributed by atoms with Crippen LogP contribution < -0.4 is 0 Å². The van der Waals surface area contributed by atoms with Crippen molar-refractivity contribution in [3.8, 4) is 0 Å². The maximum absolute atomic E-state index is 10.6. The maximum atomic E-state index is 10.6. The summed E-state index contributed by atoms with van der Waals surface area (Å²) in [6, 6.07) is 0. The van der Waals surface area contributed by atoms with Crippen LogP contribution in [0.5, 0.6) is 0 Å². The summed E-state index contributed by atoms with van der Waals surface area (Å²) in [7, 11) is 0. The summed E-state index contributed by atoms with van der Waals surface area (Å²) < 4.78 is 0. The number of aliphatic carboxylic acids is 1. The van der Waals surface area contributed by atoms with Gasteiger partial charge in [0.15, 0.2) is 0 Å². The Balaban J connectivity index is 2.48. The molecular weight excluding hydrogens is 380 g/mol. The lowest BCUT2D eigenvalue weighted by Gasteiger charge is -2.38. The van der Waals surface area contributed by atoms with Crippen molar-refractivity contribution < 1.29 is 9.90 Å². The van der Waals surface area contributed by atoms with E-state index in [9.17, 15) is 4.79 Å². The molecule has 0 aromatic carbocycles. The van der Waals surface area contributed by atoms with Crippen LogP contribution in [0.25, 0.3) is 0 Å². The summed E-state index contributed by atoms with van der Waals surface area (Å²) in [5.41, 5.74) is 0. The van der Waals surface area contributed by atoms with E-state index in [0.29, 0.717) is 6.42 Å². The van der Waals surface area contributed by atoms with E-state index >= 15 is 0 Å². The number of carbonyl (C=O) groups is 1. The van der Waals surface area contributed by atoms with Crippen molar-refractivity contribution in [2.45, 2.75) is 130 Å². The van der Waals surface area contributed by atoms with Crippen LogP contribution in [0, 0.1) is 23.7 Å². The first-order valence-electron chi connectivity index (χ1n) is 13.6. The van der Waals surface area contributed by atoms with Gasteiger partial charge >= 0.3 is 5.97 Å². The molecule has 0 amide bonds. The van der Waals surface area contributed by atoms with Crippen LogP contribution in [0.1, 0.15) is 130 Å². The number of hydrogen-bond acceptors (Lipinski definition) is 1. The standard InChI is InChI=1S/C29H52O2/c1-4-6-8-10-13-17-21-28-25(3)26(19-16-12-11-14-18-22-29(30)31)23-24-27(28)20-15-9-7-5-2/h13,17,23-28H,4-12,14-16,18-22H2,1-3H3,(H,30,31). The third kappa shape index (κ3) is 13.2. The van der Waals surface area contributed by atoms with Gasteiger partial charge in [0.1, 0.15) is 0 Å². The predicted octanol–water partition coefficient (Wildman–Crippen LogP) is 9.35. The Morgan fingerprint density at radius 1 is 0.774 bits per heavy atom. The van der Waals surface area contributed by atoms with Gasteiger partial charge in [-0.25, -0.2) is 0 Å². The van der Waals surface area contributed by atoms with Crippen molar-refractivity contribution in [3.63, 3.8) is 0 Å². The molecule has 4 atom stereocenters. The Morgan fingerprint density at radius 2 is 1.35 bits per heavy atom. The lowest BCUT2D eigenvalue weighted by molar-refractivity contribution is -0.137. The van der Waals surface area contributed by atoms with Gasteiger partial charge in [-0.15, -0.1) is 0 Å². The summed E-state index contributed by atoms with van der Waals surface area (Å²) in [6.45, 7) is 7.08. The minimum absolute atomic E-state index is 0.329. The average Bonchev–Trinajstić information content (AvgIpc) is 2.75. The van der Waals surface area contributed by atoms with E-state index in [2.05, 4.69) is 45.1 Å². The number of carboxylic acid groups (broad SMARTS) is 1. The fourth-order valence-electron chi connectivity index (χ4n) is 5.25. The van der Waals surface area contributed by atoms with Crippen LogP contribution in [-0.2, 0) is 4.79 Å². The predicted molar refractivity (Wildman–Crippen MR) is 135 cm³/mol. The normalized spacial score (nSPS) is 23.6. The van der Waals surface area contributed by atoms with E-state index in [1.807, 2.05) is 0 Å². The van der Waals surface area contributed by atoms with Crippen molar-refractivity contribution in [1.29, 1.82) is 0 Å². The van der Waals surface area contributed by atoms with Gasteiger partial charge in [0.05, 0.1) is 0 Å². The molecule has 1 aliphatic carbocycles. The van der Waals surface area contributed by atoms with E-state index in [-0.39, 0.29) is 0 Å². The lowest BCUT2D eigenvalue weighted by atomic mass is 9.67. The zero-order valence-corrected chi connectivity index (χ0v) is 21.0. The molecule has 2 heteroatoms. The number of hydrogen-bond donors (Lipinski definition) is 1. The molecule has 0 bridgehead atoms. The molecule has 0 aromatic heterocycles. The van der Waals surface area contributed by atoms with Gasteiger partial charge in [0.25, 0.3) is 0 Å². The lowest BCUT2D eigenvalue weighted by Crippen LogP contribution is -2.29. The first-order chi connectivity index (χ1) is 15.1. The Labute approximate surface area is 194 Å². The highest BCUT2D eigenvalue weighted by atomic mass is 16.4. The van der Waals surface area contributed by atoms with E-state index in [1.165, 1.54) is 89.9 Å². The molecule has 1 N–H and O–H groups in total. The molecule has 1 aliphatic rings. The average molecular weight is 433 g/mol. The molecule has 180 valence electrons. The molecule has 2 nitrogen and oxygen atoms in total. The van der Waals surface area contributed by atoms with Gasteiger partial charge in [0, 0.05) is 6.42 Å². The van der Waals surface area contributed by atoms with Crippen LogP contribution in [0.4, 0.5) is 0 Å². The third-order valence-corrected chi connectivity index (χ3v) is 7.37. The van der Waals surface area contributed by atoms with Gasteiger partial charge in [-0.05, 0) is 62.2 Å². The largest absolute Gasteiger partial charge is 0.481 e. The molecule has 31 heavy (non-hydrogen) atoms. The Kier molecular flexibility index (Phi) is 16.7. The second-order valence-corrected chi connectivity index (χ2v) is 9.99. The van der Waals surface area contributed by atoms with Crippen molar-refractivity contribution in [2.75, 3.05) is 0 Å². The number of allylic oxidation sites excluding steroid dienone is 4. The van der Waals surface area contributed by atoms with Crippen LogP contribution in [0.3, 0.4) is 0 Å². The Bertz CT molecular complexity index is 493. The minimum atomic E-state index is -0.657. The van der Waals surface area contributed by atoms with E-state index in [4.69, 9.17) is 5.11 Å². The van der Waals surface area contributed by atoms with Gasteiger partial charge < -0.3 is 5.11 Å². The molecule has 0 spiro atoms. The van der Waals surface area contributed by atoms with E-state index < -0.39 is 5.97 Å². The maximum Gasteiger partial charge on any atom is 0.303 e. The summed E-state index contributed by atoms with van der Waals surface area (Å²) in [4.78, 5) is 10.6. The van der Waals surface area contributed by atoms with Gasteiger partial charge in [0.2, 0.25) is 0 Å². The SMILES string of the molecule is CCCCCC=CCC1C(CCCCCC)C=CC(CCCCCCCC(=O)O)C1C. The molecule has 0 fully saturated rings. The van der Waals surface area contributed by atoms with Crippen molar-refractivity contribution in [2.24, 2.45) is 23.7 Å². The van der Waals surface area contributed by atoms with Crippen LogP contribution in [-0.4, -0.2) is 11.1 Å². The second kappa shape index (κ2) is 18.5. The third-order valence-electron chi connectivity index (χ3n) is 7.37. The zero-order chi connectivity index (χ0) is 22.7. The topological polar surface area (TPSA) is 37.3 Å².